The van der Waals surface area contributed by atoms with Gasteiger partial charge in [0.05, 0.1) is 27.6 Å². The van der Waals surface area contributed by atoms with Gasteiger partial charge in [0.25, 0.3) is 0 Å². The summed E-state index contributed by atoms with van der Waals surface area (Å²) in [5.74, 6) is 0. The second-order valence-corrected chi connectivity index (χ2v) is 15.4. The summed E-state index contributed by atoms with van der Waals surface area (Å²) in [6, 6.07) is 64.1. The maximum Gasteiger partial charge on any atom is 0.0774 e. The Morgan fingerprint density at radius 3 is 2.06 bits per heavy atom. The molecule has 1 aliphatic heterocycles. The Balaban J connectivity index is 1.05. The summed E-state index contributed by atoms with van der Waals surface area (Å²) in [6.45, 7) is 4.70. The summed E-state index contributed by atoms with van der Waals surface area (Å²) in [5, 5.41) is 12.8. The molecule has 1 unspecified atom stereocenters. The lowest BCUT2D eigenvalue weighted by atomic mass is 9.91. The van der Waals surface area contributed by atoms with E-state index >= 15 is 0 Å². The topological polar surface area (TPSA) is 17.0 Å². The Hall–Kier alpha value is -6.68. The number of anilines is 1. The highest BCUT2D eigenvalue weighted by atomic mass is 32.1. The number of hydrogen-bond donors (Lipinski definition) is 1. The van der Waals surface area contributed by atoms with Crippen molar-refractivity contribution >= 4 is 81.6 Å². The molecule has 0 radical (unpaired) electrons. The van der Waals surface area contributed by atoms with Crippen LogP contribution in [-0.4, -0.2) is 4.57 Å². The molecule has 0 bridgehead atoms. The van der Waals surface area contributed by atoms with E-state index in [9.17, 15) is 0 Å². The smallest absolute Gasteiger partial charge is 0.0774 e. The van der Waals surface area contributed by atoms with E-state index in [1.165, 1.54) is 86.1 Å². The summed E-state index contributed by atoms with van der Waals surface area (Å²) in [6.07, 6.45) is 2.31. The number of rotatable bonds is 4. The average molecular weight is 707 g/mol. The summed E-state index contributed by atoms with van der Waals surface area (Å²) in [5.41, 5.74) is 11.7. The van der Waals surface area contributed by atoms with Crippen molar-refractivity contribution in [2.75, 3.05) is 5.32 Å². The highest BCUT2D eigenvalue weighted by Gasteiger charge is 2.27. The van der Waals surface area contributed by atoms with Crippen LogP contribution >= 0.6 is 11.3 Å². The molecule has 1 N–H and O–H groups in total. The van der Waals surface area contributed by atoms with E-state index in [4.69, 9.17) is 6.58 Å². The van der Waals surface area contributed by atoms with Crippen LogP contribution in [0.1, 0.15) is 22.0 Å². The zero-order valence-corrected chi connectivity index (χ0v) is 30.3. The van der Waals surface area contributed by atoms with Crippen LogP contribution in [0.5, 0.6) is 0 Å². The normalized spacial score (nSPS) is 14.4. The molecule has 11 rings (SSSR count). The van der Waals surface area contributed by atoms with Crippen LogP contribution in [0, 0.1) is 0 Å². The van der Waals surface area contributed by atoms with Crippen molar-refractivity contribution in [3.63, 3.8) is 0 Å². The molecule has 2 aromatic heterocycles. The number of nitrogens with zero attached hydrogens (tertiary/aromatic N) is 1. The van der Waals surface area contributed by atoms with E-state index in [2.05, 4.69) is 192 Å². The minimum Gasteiger partial charge on any atom is -0.372 e. The number of hydrogen-bond acceptors (Lipinski definition) is 2. The molecule has 1 atom stereocenters. The van der Waals surface area contributed by atoms with Crippen molar-refractivity contribution in [1.29, 1.82) is 0 Å². The van der Waals surface area contributed by atoms with Crippen LogP contribution in [0.2, 0.25) is 0 Å². The Morgan fingerprint density at radius 1 is 0.500 bits per heavy atom. The lowest BCUT2D eigenvalue weighted by molar-refractivity contribution is 1.01. The molecule has 3 heteroatoms. The molecule has 0 aliphatic carbocycles. The van der Waals surface area contributed by atoms with E-state index in [0.29, 0.717) is 0 Å². The maximum absolute atomic E-state index is 4.70. The summed E-state index contributed by atoms with van der Waals surface area (Å²) in [4.78, 5) is 1.18. The first-order valence-electron chi connectivity index (χ1n) is 18.5. The minimum absolute atomic E-state index is 0.0838. The minimum atomic E-state index is -0.0838. The van der Waals surface area contributed by atoms with Crippen LogP contribution in [-0.2, 0) is 0 Å². The number of aromatic nitrogens is 1. The monoisotopic (exact) mass is 706 g/mol. The van der Waals surface area contributed by atoms with Gasteiger partial charge in [0, 0.05) is 26.5 Å². The van der Waals surface area contributed by atoms with Gasteiger partial charge in [-0.1, -0.05) is 140 Å². The number of fused-ring (bicyclic) bond motifs is 8. The van der Waals surface area contributed by atoms with Crippen LogP contribution in [0.4, 0.5) is 5.69 Å². The first kappa shape index (κ1) is 30.9. The summed E-state index contributed by atoms with van der Waals surface area (Å²) < 4.78 is 3.68. The molecular formula is C51H34N2S. The third kappa shape index (κ3) is 4.93. The van der Waals surface area contributed by atoms with E-state index in [-0.39, 0.29) is 6.04 Å². The standard InChI is InChI=1S/C51H34N2S/c1-32-26-44(40-18-11-19-41(28-40)53-46-21-10-9-20-42(46)45-29-36-16-7-8-17-37(36)30-47(45)53)49(34-13-3-2-4-14-34)52-50-43-25-24-39(31-48(43)54-51(32)50)38-23-22-33-12-5-6-15-35(33)27-38/h2-31,49,52H,1H2. The van der Waals surface area contributed by atoms with Gasteiger partial charge >= 0.3 is 0 Å². The fourth-order valence-corrected chi connectivity index (χ4v) is 9.64. The Kier molecular flexibility index (Phi) is 6.98. The molecule has 54 heavy (non-hydrogen) atoms. The molecule has 0 saturated heterocycles. The van der Waals surface area contributed by atoms with Crippen molar-refractivity contribution in [3.05, 3.63) is 205 Å². The number of benzene rings is 8. The highest BCUT2D eigenvalue weighted by molar-refractivity contribution is 7.21. The second-order valence-electron chi connectivity index (χ2n) is 14.3. The highest BCUT2D eigenvalue weighted by Crippen LogP contribution is 2.48. The van der Waals surface area contributed by atoms with Gasteiger partial charge in [-0.05, 0) is 103 Å². The van der Waals surface area contributed by atoms with Crippen molar-refractivity contribution in [2.24, 2.45) is 0 Å². The number of para-hydroxylation sites is 1. The van der Waals surface area contributed by atoms with E-state index in [0.717, 1.165) is 16.9 Å². The number of thiophene rings is 1. The van der Waals surface area contributed by atoms with Gasteiger partial charge in [-0.2, -0.15) is 0 Å². The second kappa shape index (κ2) is 12.2. The first-order chi connectivity index (χ1) is 26.7. The Morgan fingerprint density at radius 2 is 1.20 bits per heavy atom. The van der Waals surface area contributed by atoms with Crippen molar-refractivity contribution in [2.45, 2.75) is 6.04 Å². The largest absolute Gasteiger partial charge is 0.372 e. The molecular weight excluding hydrogens is 673 g/mol. The van der Waals surface area contributed by atoms with Crippen LogP contribution in [0.15, 0.2) is 189 Å². The van der Waals surface area contributed by atoms with E-state index in [1.807, 2.05) is 11.3 Å². The van der Waals surface area contributed by atoms with Crippen molar-refractivity contribution < 1.29 is 0 Å². The number of allylic oxidation sites excluding steroid dienone is 2. The molecule has 2 nitrogen and oxygen atoms in total. The zero-order chi connectivity index (χ0) is 35.8. The van der Waals surface area contributed by atoms with Gasteiger partial charge in [0.2, 0.25) is 0 Å². The maximum atomic E-state index is 4.70. The molecule has 1 aliphatic rings. The quantitative estimate of drug-likeness (QED) is 0.193. The molecule has 0 saturated carbocycles. The molecule has 0 amide bonds. The fraction of sp³-hybridized carbons (Fsp3) is 0.0196. The predicted molar refractivity (Wildman–Crippen MR) is 233 cm³/mol. The van der Waals surface area contributed by atoms with Gasteiger partial charge in [0.1, 0.15) is 0 Å². The van der Waals surface area contributed by atoms with Crippen LogP contribution in [0.25, 0.3) is 81.4 Å². The summed E-state index contributed by atoms with van der Waals surface area (Å²) >= 11 is 1.82. The molecule has 254 valence electrons. The molecule has 0 spiro atoms. The first-order valence-corrected chi connectivity index (χ1v) is 19.3. The van der Waals surface area contributed by atoms with Gasteiger partial charge in [-0.25, -0.2) is 0 Å². The van der Waals surface area contributed by atoms with E-state index < -0.39 is 0 Å². The molecule has 3 heterocycles. The van der Waals surface area contributed by atoms with Crippen molar-refractivity contribution in [1.82, 2.24) is 4.57 Å². The lowest BCUT2D eigenvalue weighted by Gasteiger charge is -2.23. The van der Waals surface area contributed by atoms with Crippen molar-refractivity contribution in [3.8, 4) is 16.8 Å². The number of nitrogens with one attached hydrogen (secondary N) is 1. The third-order valence-electron chi connectivity index (χ3n) is 11.1. The van der Waals surface area contributed by atoms with E-state index in [1.54, 1.807) is 0 Å². The fourth-order valence-electron chi connectivity index (χ4n) is 8.49. The third-order valence-corrected chi connectivity index (χ3v) is 12.3. The summed E-state index contributed by atoms with van der Waals surface area (Å²) in [7, 11) is 0. The Bertz CT molecular complexity index is 3160. The van der Waals surface area contributed by atoms with Gasteiger partial charge in [-0.15, -0.1) is 11.3 Å². The lowest BCUT2D eigenvalue weighted by Crippen LogP contribution is -2.12. The predicted octanol–water partition coefficient (Wildman–Crippen LogP) is 14.2. The molecule has 0 fully saturated rings. The van der Waals surface area contributed by atoms with Gasteiger partial charge < -0.3 is 9.88 Å². The van der Waals surface area contributed by atoms with Crippen LogP contribution < -0.4 is 5.32 Å². The van der Waals surface area contributed by atoms with Gasteiger partial charge in [-0.3, -0.25) is 0 Å². The molecule has 8 aromatic carbocycles. The average Bonchev–Trinajstić information content (AvgIpc) is 3.71. The zero-order valence-electron chi connectivity index (χ0n) is 29.5. The Labute approximate surface area is 317 Å². The van der Waals surface area contributed by atoms with Crippen LogP contribution in [0.3, 0.4) is 0 Å². The molecule has 10 aromatic rings. The van der Waals surface area contributed by atoms with Gasteiger partial charge in [0.15, 0.2) is 0 Å². The SMILES string of the molecule is C=C1C=C(c2cccc(-n3c4ccccc4c4cc5ccccc5cc43)c2)C(c2ccccc2)Nc2c1sc1cc(-c3ccc4ccccc4c3)ccc21.